The second-order valence-electron chi connectivity index (χ2n) is 6.19. The first-order valence-corrected chi connectivity index (χ1v) is 11.4. The molecule has 0 aliphatic heterocycles. The minimum atomic E-state index is 0.822. The molecule has 2 rings (SSSR count). The van der Waals surface area contributed by atoms with Crippen LogP contribution in [0.5, 0.6) is 5.75 Å². The average molecular weight is 467 g/mol. The van der Waals surface area contributed by atoms with Gasteiger partial charge in [-0.1, -0.05) is 62.2 Å². The highest BCUT2D eigenvalue weighted by Gasteiger charge is 2.11. The van der Waals surface area contributed by atoms with Gasteiger partial charge in [0, 0.05) is 29.0 Å². The fourth-order valence-electron chi connectivity index (χ4n) is 2.50. The number of rotatable bonds is 6. The highest BCUT2D eigenvalue weighted by molar-refractivity contribution is 9.08. The van der Waals surface area contributed by atoms with Crippen LogP contribution in [0, 0.1) is 6.92 Å². The van der Waals surface area contributed by atoms with E-state index in [0.29, 0.717) is 0 Å². The molecule has 0 aliphatic carbocycles. The van der Waals surface area contributed by atoms with Crippen LogP contribution in [0.15, 0.2) is 42.5 Å². The number of unbranched alkanes of at least 4 members (excludes halogenated alkanes) is 1. The molecule has 0 bridgehead atoms. The molecule has 0 fully saturated rings. The monoisotopic (exact) mass is 465 g/mol. The zero-order chi connectivity index (χ0) is 22.8. The Morgan fingerprint density at radius 3 is 2.24 bits per heavy atom. The summed E-state index contributed by atoms with van der Waals surface area (Å²) in [5, 5.41) is 2.15. The number of fused-ring (bicyclic) bond motifs is 1. The van der Waals surface area contributed by atoms with Crippen molar-refractivity contribution in [2.24, 2.45) is 7.05 Å². The number of halogens is 1. The second-order valence-corrected chi connectivity index (χ2v) is 6.75. The van der Waals surface area contributed by atoms with Gasteiger partial charge in [-0.15, -0.1) is 6.58 Å². The summed E-state index contributed by atoms with van der Waals surface area (Å²) in [4.78, 5) is 9.83. The Kier molecular flexibility index (Phi) is 18.5. The third-order valence-corrected chi connectivity index (χ3v) is 4.73. The number of ether oxygens (including phenoxy) is 1. The Balaban J connectivity index is 0. The second kappa shape index (κ2) is 18.2. The fraction of sp³-hybridized carbons (Fsp3) is 0.480. The van der Waals surface area contributed by atoms with Crippen LogP contribution in [0.3, 0.4) is 0 Å². The first-order chi connectivity index (χ1) is 13.9. The van der Waals surface area contributed by atoms with Crippen LogP contribution in [-0.4, -0.2) is 18.0 Å². The largest absolute Gasteiger partial charge is 0.497 e. The minimum Gasteiger partial charge on any atom is -0.497 e. The number of carbonyl (C=O) groups excluding carboxylic acids is 1. The van der Waals surface area contributed by atoms with Crippen molar-refractivity contribution in [3.05, 3.63) is 53.8 Å². The van der Waals surface area contributed by atoms with Crippen molar-refractivity contribution in [3.8, 4) is 5.75 Å². The van der Waals surface area contributed by atoms with Crippen molar-refractivity contribution in [2.75, 3.05) is 7.11 Å². The molecule has 0 N–H and O–H groups in total. The van der Waals surface area contributed by atoms with Crippen molar-refractivity contribution in [2.45, 2.75) is 66.1 Å². The maximum Gasteiger partial charge on any atom is 0.145 e. The Morgan fingerprint density at radius 1 is 1.28 bits per heavy atom. The summed E-state index contributed by atoms with van der Waals surface area (Å²) < 4.78 is 7.46. The van der Waals surface area contributed by atoms with Crippen LogP contribution in [0.1, 0.15) is 65.1 Å². The fourth-order valence-corrected chi connectivity index (χ4v) is 3.21. The summed E-state index contributed by atoms with van der Waals surface area (Å²) in [5.74, 6) is 0.912. The first kappa shape index (κ1) is 29.4. The molecule has 3 nitrogen and oxygen atoms in total. The van der Waals surface area contributed by atoms with E-state index in [2.05, 4.69) is 60.1 Å². The zero-order valence-corrected chi connectivity index (χ0v) is 21.2. The van der Waals surface area contributed by atoms with E-state index in [1.807, 2.05) is 39.0 Å². The number of alkyl halides is 1. The molecule has 0 atom stereocenters. The molecule has 0 spiro atoms. The van der Waals surface area contributed by atoms with E-state index in [1.165, 1.54) is 28.6 Å². The molecule has 1 aromatic heterocycles. The molecule has 164 valence electrons. The number of aldehydes is 1. The predicted molar refractivity (Wildman–Crippen MR) is 133 cm³/mol. The maximum absolute atomic E-state index is 9.83. The third-order valence-electron chi connectivity index (χ3n) is 4.17. The van der Waals surface area contributed by atoms with E-state index in [-0.39, 0.29) is 0 Å². The van der Waals surface area contributed by atoms with Crippen molar-refractivity contribution in [3.63, 3.8) is 0 Å². The maximum atomic E-state index is 9.83. The van der Waals surface area contributed by atoms with Crippen LogP contribution in [0.2, 0.25) is 0 Å². The molecule has 29 heavy (non-hydrogen) atoms. The van der Waals surface area contributed by atoms with E-state index in [0.717, 1.165) is 35.8 Å². The smallest absolute Gasteiger partial charge is 0.145 e. The van der Waals surface area contributed by atoms with Gasteiger partial charge in [0.25, 0.3) is 0 Å². The molecular formula is C25H40BrNO2. The Labute approximate surface area is 187 Å². The molecule has 0 amide bonds. The highest BCUT2D eigenvalue weighted by Crippen LogP contribution is 2.29. The van der Waals surface area contributed by atoms with Gasteiger partial charge in [0.15, 0.2) is 0 Å². The van der Waals surface area contributed by atoms with E-state index in [4.69, 9.17) is 4.74 Å². The van der Waals surface area contributed by atoms with Crippen LogP contribution in [-0.2, 0) is 17.2 Å². The zero-order valence-electron chi connectivity index (χ0n) is 19.6. The van der Waals surface area contributed by atoms with E-state index in [9.17, 15) is 4.79 Å². The van der Waals surface area contributed by atoms with Crippen molar-refractivity contribution < 1.29 is 9.53 Å². The topological polar surface area (TPSA) is 31.2 Å². The molecule has 4 heteroatoms. The summed E-state index contributed by atoms with van der Waals surface area (Å²) in [5.41, 5.74) is 4.71. The lowest BCUT2D eigenvalue weighted by Gasteiger charge is -2.00. The van der Waals surface area contributed by atoms with Crippen LogP contribution >= 0.6 is 15.9 Å². The molecule has 0 unspecified atom stereocenters. The lowest BCUT2D eigenvalue weighted by molar-refractivity contribution is -0.104. The van der Waals surface area contributed by atoms with Crippen molar-refractivity contribution in [1.29, 1.82) is 0 Å². The predicted octanol–water partition coefficient (Wildman–Crippen LogP) is 7.93. The quantitative estimate of drug-likeness (QED) is 0.187. The molecule has 1 aromatic carbocycles. The highest BCUT2D eigenvalue weighted by atomic mass is 79.9. The number of nitrogens with zero attached hydrogens (tertiary/aromatic N) is 1. The molecular weight excluding hydrogens is 426 g/mol. The number of aromatic nitrogens is 1. The number of methoxy groups -OCH3 is 1. The van der Waals surface area contributed by atoms with Crippen LogP contribution < -0.4 is 4.74 Å². The molecule has 2 aromatic rings. The number of hydrogen-bond donors (Lipinski definition) is 0. The van der Waals surface area contributed by atoms with Crippen molar-refractivity contribution in [1.82, 2.24) is 4.57 Å². The third kappa shape index (κ3) is 10.5. The van der Waals surface area contributed by atoms with E-state index >= 15 is 0 Å². The molecule has 0 radical (unpaired) electrons. The molecule has 0 saturated carbocycles. The lowest BCUT2D eigenvalue weighted by Crippen LogP contribution is -1.90. The van der Waals surface area contributed by atoms with Gasteiger partial charge in [0.2, 0.25) is 0 Å². The van der Waals surface area contributed by atoms with Gasteiger partial charge in [0.1, 0.15) is 12.0 Å². The number of allylic oxidation sites excluding steroid dienone is 3. The van der Waals surface area contributed by atoms with E-state index < -0.39 is 0 Å². The Hall–Kier alpha value is -1.81. The normalized spacial score (nSPS) is 9.90. The van der Waals surface area contributed by atoms with Crippen molar-refractivity contribution >= 4 is 33.1 Å². The number of hydrogen-bond acceptors (Lipinski definition) is 2. The lowest BCUT2D eigenvalue weighted by atomic mass is 10.1. The number of benzene rings is 1. The Morgan fingerprint density at radius 2 is 1.90 bits per heavy atom. The van der Waals surface area contributed by atoms with Gasteiger partial charge in [-0.3, -0.25) is 4.79 Å². The molecule has 1 heterocycles. The van der Waals surface area contributed by atoms with Gasteiger partial charge >= 0.3 is 0 Å². The first-order valence-electron chi connectivity index (χ1n) is 10.3. The van der Waals surface area contributed by atoms with Crippen LogP contribution in [0.4, 0.5) is 0 Å². The van der Waals surface area contributed by atoms with Gasteiger partial charge in [-0.25, -0.2) is 0 Å². The SMILES string of the molecule is C=CCCC.CC.CC/C=C(\C)C=O.COc1ccc2c(c1)c(CBr)c(C)n2C. The van der Waals surface area contributed by atoms with E-state index in [1.54, 1.807) is 14.0 Å². The number of aryl methyl sites for hydroxylation is 1. The molecule has 0 aliphatic rings. The average Bonchev–Trinajstić information content (AvgIpc) is 3.00. The summed E-state index contributed by atoms with van der Waals surface area (Å²) in [6.45, 7) is 15.6. The summed E-state index contributed by atoms with van der Waals surface area (Å²) >= 11 is 3.54. The van der Waals surface area contributed by atoms with Gasteiger partial charge in [-0.2, -0.15) is 0 Å². The van der Waals surface area contributed by atoms with Gasteiger partial charge < -0.3 is 9.30 Å². The standard InChI is InChI=1S/C12H14BrNO.C6H10O.C5H10.C2H6/c1-8-11(7-13)10-6-9(15-3)4-5-12(10)14(8)2;1-3-4-6(2)5-7;1-3-5-4-2;1-2/h4-6H,7H2,1-3H3;4-5H,3H2,1-2H3;3H,1,4-5H2,2H3;1-2H3/b;6-4+;;. The minimum absolute atomic E-state index is 0.822. The van der Waals surface area contributed by atoms with Gasteiger partial charge in [0.05, 0.1) is 7.11 Å². The van der Waals surface area contributed by atoms with Gasteiger partial charge in [-0.05, 0) is 56.0 Å². The summed E-state index contributed by atoms with van der Waals surface area (Å²) in [6, 6.07) is 6.20. The summed E-state index contributed by atoms with van der Waals surface area (Å²) in [7, 11) is 3.79. The molecule has 0 saturated heterocycles. The Bertz CT molecular complexity index is 745. The number of carbonyl (C=O) groups is 1. The summed E-state index contributed by atoms with van der Waals surface area (Å²) in [6.07, 6.45) is 8.02. The van der Waals surface area contributed by atoms with Crippen LogP contribution in [0.25, 0.3) is 10.9 Å².